The number of hydrogen-bond acceptors (Lipinski definition) is 3. The molecule has 0 aromatic heterocycles. The Morgan fingerprint density at radius 3 is 2.87 bits per heavy atom. The SMILES string of the molecule is CCCNC1CCN(CCSC)C(C)C1. The Bertz CT molecular complexity index is 164. The van der Waals surface area contributed by atoms with Crippen molar-refractivity contribution in [3.63, 3.8) is 0 Å². The number of likely N-dealkylation sites (tertiary alicyclic amines) is 1. The fourth-order valence-electron chi connectivity index (χ4n) is 2.30. The molecule has 0 aliphatic carbocycles. The lowest BCUT2D eigenvalue weighted by atomic mass is 9.98. The van der Waals surface area contributed by atoms with Crippen LogP contribution >= 0.6 is 11.8 Å². The number of thioether (sulfide) groups is 1. The summed E-state index contributed by atoms with van der Waals surface area (Å²) in [5, 5.41) is 3.65. The molecule has 90 valence electrons. The van der Waals surface area contributed by atoms with Gasteiger partial charge >= 0.3 is 0 Å². The van der Waals surface area contributed by atoms with Crippen LogP contribution in [0.25, 0.3) is 0 Å². The molecular weight excluding hydrogens is 204 g/mol. The summed E-state index contributed by atoms with van der Waals surface area (Å²) in [4.78, 5) is 2.64. The predicted octanol–water partition coefficient (Wildman–Crippen LogP) is 2.20. The Morgan fingerprint density at radius 1 is 1.47 bits per heavy atom. The molecule has 2 atom stereocenters. The molecule has 0 amide bonds. The molecular formula is C12H26N2S. The highest BCUT2D eigenvalue weighted by Crippen LogP contribution is 2.17. The van der Waals surface area contributed by atoms with Crippen LogP contribution in [0, 0.1) is 0 Å². The standard InChI is InChI=1S/C12H26N2S/c1-4-6-13-12-5-7-14(8-9-15-3)11(2)10-12/h11-13H,4-10H2,1-3H3. The van der Waals surface area contributed by atoms with Crippen molar-refractivity contribution in [1.82, 2.24) is 10.2 Å². The largest absolute Gasteiger partial charge is 0.314 e. The molecule has 1 fully saturated rings. The summed E-state index contributed by atoms with van der Waals surface area (Å²) in [5.74, 6) is 1.28. The Morgan fingerprint density at radius 2 is 2.27 bits per heavy atom. The van der Waals surface area contributed by atoms with Gasteiger partial charge in [-0.25, -0.2) is 0 Å². The molecule has 15 heavy (non-hydrogen) atoms. The second kappa shape index (κ2) is 7.53. The summed E-state index contributed by atoms with van der Waals surface area (Å²) < 4.78 is 0. The van der Waals surface area contributed by atoms with E-state index in [0.717, 1.165) is 12.1 Å². The van der Waals surface area contributed by atoms with E-state index in [1.54, 1.807) is 0 Å². The maximum Gasteiger partial charge on any atom is 0.00940 e. The zero-order valence-corrected chi connectivity index (χ0v) is 11.3. The van der Waals surface area contributed by atoms with Crippen LogP contribution in [0.15, 0.2) is 0 Å². The molecule has 0 aromatic rings. The van der Waals surface area contributed by atoms with Gasteiger partial charge in [-0.1, -0.05) is 6.92 Å². The van der Waals surface area contributed by atoms with Crippen LogP contribution in [-0.4, -0.2) is 48.6 Å². The number of rotatable bonds is 6. The summed E-state index contributed by atoms with van der Waals surface area (Å²) in [6.07, 6.45) is 6.11. The monoisotopic (exact) mass is 230 g/mol. The molecule has 1 rings (SSSR count). The van der Waals surface area contributed by atoms with E-state index in [2.05, 4.69) is 30.3 Å². The third-order valence-electron chi connectivity index (χ3n) is 3.28. The van der Waals surface area contributed by atoms with Crippen LogP contribution in [0.3, 0.4) is 0 Å². The fraction of sp³-hybridized carbons (Fsp3) is 1.00. The average Bonchev–Trinajstić information content (AvgIpc) is 2.25. The first-order chi connectivity index (χ1) is 7.27. The van der Waals surface area contributed by atoms with Crippen molar-refractivity contribution in [2.24, 2.45) is 0 Å². The first-order valence-corrected chi connectivity index (χ1v) is 7.63. The lowest BCUT2D eigenvalue weighted by Crippen LogP contribution is -2.48. The summed E-state index contributed by atoms with van der Waals surface area (Å²) in [6.45, 7) is 8.35. The van der Waals surface area contributed by atoms with E-state index in [1.165, 1.54) is 44.6 Å². The molecule has 0 bridgehead atoms. The van der Waals surface area contributed by atoms with E-state index >= 15 is 0 Å². The van der Waals surface area contributed by atoms with Crippen molar-refractivity contribution >= 4 is 11.8 Å². The Balaban J connectivity index is 2.21. The molecule has 1 saturated heterocycles. The first-order valence-electron chi connectivity index (χ1n) is 6.24. The third-order valence-corrected chi connectivity index (χ3v) is 3.87. The summed E-state index contributed by atoms with van der Waals surface area (Å²) in [5.41, 5.74) is 0. The normalized spacial score (nSPS) is 28.2. The minimum atomic E-state index is 0.764. The second-order valence-electron chi connectivity index (χ2n) is 4.55. The minimum absolute atomic E-state index is 0.764. The first kappa shape index (κ1) is 13.3. The van der Waals surface area contributed by atoms with Gasteiger partial charge in [-0.3, -0.25) is 4.90 Å². The molecule has 1 aliphatic rings. The zero-order chi connectivity index (χ0) is 11.1. The lowest BCUT2D eigenvalue weighted by Gasteiger charge is -2.38. The maximum atomic E-state index is 3.65. The molecule has 1 heterocycles. The van der Waals surface area contributed by atoms with E-state index < -0.39 is 0 Å². The fourth-order valence-corrected chi connectivity index (χ4v) is 2.71. The van der Waals surface area contributed by atoms with E-state index in [1.807, 2.05) is 11.8 Å². The number of piperidine rings is 1. The van der Waals surface area contributed by atoms with Gasteiger partial charge in [0.1, 0.15) is 0 Å². The molecule has 0 spiro atoms. The van der Waals surface area contributed by atoms with Crippen molar-refractivity contribution in [3.8, 4) is 0 Å². The van der Waals surface area contributed by atoms with Gasteiger partial charge in [-0.2, -0.15) is 11.8 Å². The Hall–Kier alpha value is 0.270. The molecule has 0 aromatic carbocycles. The molecule has 3 heteroatoms. The summed E-state index contributed by atoms with van der Waals surface area (Å²) in [7, 11) is 0. The predicted molar refractivity (Wildman–Crippen MR) is 70.7 cm³/mol. The van der Waals surface area contributed by atoms with E-state index in [0.29, 0.717) is 0 Å². The van der Waals surface area contributed by atoms with Crippen LogP contribution in [0.5, 0.6) is 0 Å². The summed E-state index contributed by atoms with van der Waals surface area (Å²) >= 11 is 1.95. The average molecular weight is 230 g/mol. The van der Waals surface area contributed by atoms with Crippen LogP contribution in [0.1, 0.15) is 33.1 Å². The summed E-state index contributed by atoms with van der Waals surface area (Å²) in [6, 6.07) is 1.53. The molecule has 2 unspecified atom stereocenters. The van der Waals surface area contributed by atoms with Crippen LogP contribution in [0.4, 0.5) is 0 Å². The molecule has 2 nitrogen and oxygen atoms in total. The van der Waals surface area contributed by atoms with E-state index in [-0.39, 0.29) is 0 Å². The van der Waals surface area contributed by atoms with Crippen molar-refractivity contribution in [2.75, 3.05) is 31.6 Å². The number of nitrogens with one attached hydrogen (secondary N) is 1. The Labute approximate surface area is 99.2 Å². The van der Waals surface area contributed by atoms with Crippen LogP contribution in [0.2, 0.25) is 0 Å². The van der Waals surface area contributed by atoms with Crippen LogP contribution in [-0.2, 0) is 0 Å². The van der Waals surface area contributed by atoms with Gasteiger partial charge in [0.2, 0.25) is 0 Å². The molecule has 0 saturated carbocycles. The smallest absolute Gasteiger partial charge is 0.00940 e. The number of nitrogens with zero attached hydrogens (tertiary/aromatic N) is 1. The van der Waals surface area contributed by atoms with Crippen LogP contribution < -0.4 is 5.32 Å². The van der Waals surface area contributed by atoms with Gasteiger partial charge < -0.3 is 5.32 Å². The van der Waals surface area contributed by atoms with Gasteiger partial charge in [-0.05, 0) is 45.5 Å². The Kier molecular flexibility index (Phi) is 6.69. The highest BCUT2D eigenvalue weighted by Gasteiger charge is 2.24. The maximum absolute atomic E-state index is 3.65. The van der Waals surface area contributed by atoms with Crippen molar-refractivity contribution in [3.05, 3.63) is 0 Å². The van der Waals surface area contributed by atoms with E-state index in [9.17, 15) is 0 Å². The van der Waals surface area contributed by atoms with Gasteiger partial charge in [-0.15, -0.1) is 0 Å². The quantitative estimate of drug-likeness (QED) is 0.753. The highest BCUT2D eigenvalue weighted by atomic mass is 32.2. The molecule has 1 N–H and O–H groups in total. The number of hydrogen-bond donors (Lipinski definition) is 1. The van der Waals surface area contributed by atoms with Crippen molar-refractivity contribution in [2.45, 2.75) is 45.2 Å². The zero-order valence-electron chi connectivity index (χ0n) is 10.5. The van der Waals surface area contributed by atoms with Crippen molar-refractivity contribution in [1.29, 1.82) is 0 Å². The van der Waals surface area contributed by atoms with Gasteiger partial charge in [0.15, 0.2) is 0 Å². The van der Waals surface area contributed by atoms with E-state index in [4.69, 9.17) is 0 Å². The minimum Gasteiger partial charge on any atom is -0.314 e. The highest BCUT2D eigenvalue weighted by molar-refractivity contribution is 7.98. The molecule has 1 aliphatic heterocycles. The van der Waals surface area contributed by atoms with Gasteiger partial charge in [0.25, 0.3) is 0 Å². The van der Waals surface area contributed by atoms with Gasteiger partial charge in [0, 0.05) is 24.4 Å². The lowest BCUT2D eigenvalue weighted by molar-refractivity contribution is 0.145. The van der Waals surface area contributed by atoms with Crippen molar-refractivity contribution < 1.29 is 0 Å². The topological polar surface area (TPSA) is 15.3 Å². The van der Waals surface area contributed by atoms with Gasteiger partial charge in [0.05, 0.1) is 0 Å². The third kappa shape index (κ3) is 4.75. The molecule has 0 radical (unpaired) electrons. The second-order valence-corrected chi connectivity index (χ2v) is 5.54.